The minimum Gasteiger partial charge on any atom is -0.313 e. The van der Waals surface area contributed by atoms with E-state index in [1.54, 1.807) is 0 Å². The van der Waals surface area contributed by atoms with Crippen molar-refractivity contribution in [1.29, 1.82) is 0 Å². The minimum atomic E-state index is 0.495. The number of hydrogen-bond donors (Lipinski definition) is 2. The predicted octanol–water partition coefficient (Wildman–Crippen LogP) is 3.90. The van der Waals surface area contributed by atoms with Crippen LogP contribution in [0, 0.1) is 5.92 Å². The molecule has 0 aliphatic carbocycles. The average Bonchev–Trinajstić information content (AvgIpc) is 2.53. The van der Waals surface area contributed by atoms with Gasteiger partial charge in [0.15, 0.2) is 0 Å². The summed E-state index contributed by atoms with van der Waals surface area (Å²) in [4.78, 5) is 0. The van der Waals surface area contributed by atoms with E-state index >= 15 is 0 Å². The average molecular weight is 274 g/mol. The SMILES string of the molecule is CCC(CC)C(NCC1CCCCN1)c1ccccc1. The number of piperidine rings is 1. The molecule has 0 saturated carbocycles. The van der Waals surface area contributed by atoms with E-state index in [1.807, 2.05) is 0 Å². The molecular formula is C18H30N2. The van der Waals surface area contributed by atoms with Crippen molar-refractivity contribution >= 4 is 0 Å². The lowest BCUT2D eigenvalue weighted by molar-refractivity contribution is 0.306. The summed E-state index contributed by atoms with van der Waals surface area (Å²) >= 11 is 0. The van der Waals surface area contributed by atoms with Crippen molar-refractivity contribution in [3.8, 4) is 0 Å². The predicted molar refractivity (Wildman–Crippen MR) is 86.9 cm³/mol. The Bertz CT molecular complexity index is 353. The van der Waals surface area contributed by atoms with Crippen LogP contribution in [-0.4, -0.2) is 19.1 Å². The van der Waals surface area contributed by atoms with E-state index in [2.05, 4.69) is 54.8 Å². The molecule has 0 aromatic heterocycles. The third-order valence-corrected chi connectivity index (χ3v) is 4.68. The van der Waals surface area contributed by atoms with Crippen LogP contribution in [0.5, 0.6) is 0 Å². The molecule has 0 bridgehead atoms. The van der Waals surface area contributed by atoms with Gasteiger partial charge in [0.25, 0.3) is 0 Å². The van der Waals surface area contributed by atoms with E-state index < -0.39 is 0 Å². The van der Waals surface area contributed by atoms with Crippen LogP contribution in [0.1, 0.15) is 57.6 Å². The fourth-order valence-electron chi connectivity index (χ4n) is 3.34. The Balaban J connectivity index is 1.98. The summed E-state index contributed by atoms with van der Waals surface area (Å²) < 4.78 is 0. The third kappa shape index (κ3) is 4.32. The van der Waals surface area contributed by atoms with Crippen LogP contribution in [0.15, 0.2) is 30.3 Å². The van der Waals surface area contributed by atoms with Gasteiger partial charge in [0.05, 0.1) is 0 Å². The molecule has 1 saturated heterocycles. The first-order valence-electron chi connectivity index (χ1n) is 8.36. The summed E-state index contributed by atoms with van der Waals surface area (Å²) in [6, 6.07) is 12.1. The van der Waals surface area contributed by atoms with Gasteiger partial charge in [-0.05, 0) is 30.9 Å². The van der Waals surface area contributed by atoms with Gasteiger partial charge in [-0.3, -0.25) is 0 Å². The molecule has 112 valence electrons. The van der Waals surface area contributed by atoms with Crippen LogP contribution in [0.2, 0.25) is 0 Å². The summed E-state index contributed by atoms with van der Waals surface area (Å²) in [5, 5.41) is 7.48. The molecule has 1 heterocycles. The number of hydrogen-bond acceptors (Lipinski definition) is 2. The van der Waals surface area contributed by atoms with Crippen LogP contribution in [0.3, 0.4) is 0 Å². The van der Waals surface area contributed by atoms with E-state index in [0.717, 1.165) is 12.5 Å². The lowest BCUT2D eigenvalue weighted by Gasteiger charge is -2.31. The third-order valence-electron chi connectivity index (χ3n) is 4.68. The molecule has 0 amide bonds. The van der Waals surface area contributed by atoms with E-state index in [0.29, 0.717) is 12.1 Å². The Hall–Kier alpha value is -0.860. The molecule has 1 aliphatic rings. The molecule has 2 unspecified atom stereocenters. The Labute approximate surface area is 124 Å². The summed E-state index contributed by atoms with van der Waals surface area (Å²) in [5.74, 6) is 0.723. The maximum absolute atomic E-state index is 3.85. The van der Waals surface area contributed by atoms with Gasteiger partial charge in [-0.2, -0.15) is 0 Å². The quantitative estimate of drug-likeness (QED) is 0.788. The smallest absolute Gasteiger partial charge is 0.0349 e. The zero-order valence-electron chi connectivity index (χ0n) is 13.1. The second-order valence-corrected chi connectivity index (χ2v) is 6.02. The van der Waals surface area contributed by atoms with E-state index in [1.165, 1.54) is 44.2 Å². The highest BCUT2D eigenvalue weighted by molar-refractivity contribution is 5.19. The van der Waals surface area contributed by atoms with Crippen LogP contribution < -0.4 is 10.6 Å². The van der Waals surface area contributed by atoms with Crippen molar-refractivity contribution in [2.45, 2.75) is 58.0 Å². The number of rotatable bonds is 7. The van der Waals surface area contributed by atoms with Gasteiger partial charge in [-0.25, -0.2) is 0 Å². The largest absolute Gasteiger partial charge is 0.313 e. The number of nitrogens with one attached hydrogen (secondary N) is 2. The maximum Gasteiger partial charge on any atom is 0.0349 e. The monoisotopic (exact) mass is 274 g/mol. The first-order valence-corrected chi connectivity index (χ1v) is 8.36. The van der Waals surface area contributed by atoms with Gasteiger partial charge >= 0.3 is 0 Å². The second kappa shape index (κ2) is 8.43. The van der Waals surface area contributed by atoms with Crippen molar-refractivity contribution in [3.63, 3.8) is 0 Å². The summed E-state index contributed by atoms with van der Waals surface area (Å²) in [6.07, 6.45) is 6.51. The van der Waals surface area contributed by atoms with Crippen LogP contribution >= 0.6 is 0 Å². The van der Waals surface area contributed by atoms with Crippen LogP contribution in [0.4, 0.5) is 0 Å². The molecule has 1 aromatic carbocycles. The number of benzene rings is 1. The molecule has 0 radical (unpaired) electrons. The molecule has 2 N–H and O–H groups in total. The van der Waals surface area contributed by atoms with Crippen LogP contribution in [-0.2, 0) is 0 Å². The molecule has 2 nitrogen and oxygen atoms in total. The topological polar surface area (TPSA) is 24.1 Å². The molecule has 0 spiro atoms. The van der Waals surface area contributed by atoms with Gasteiger partial charge in [0, 0.05) is 18.6 Å². The van der Waals surface area contributed by atoms with E-state index in [9.17, 15) is 0 Å². The van der Waals surface area contributed by atoms with Gasteiger partial charge in [0.1, 0.15) is 0 Å². The molecule has 2 heteroatoms. The highest BCUT2D eigenvalue weighted by Gasteiger charge is 2.21. The standard InChI is InChI=1S/C18H30N2/c1-3-15(4-2)18(16-10-6-5-7-11-16)20-14-17-12-8-9-13-19-17/h5-7,10-11,15,17-20H,3-4,8-9,12-14H2,1-2H3. The van der Waals surface area contributed by atoms with Crippen LogP contribution in [0.25, 0.3) is 0 Å². The zero-order chi connectivity index (χ0) is 14.2. The van der Waals surface area contributed by atoms with Crippen molar-refractivity contribution in [1.82, 2.24) is 10.6 Å². The second-order valence-electron chi connectivity index (χ2n) is 6.02. The molecular weight excluding hydrogens is 244 g/mol. The summed E-state index contributed by atoms with van der Waals surface area (Å²) in [7, 11) is 0. The van der Waals surface area contributed by atoms with Gasteiger partial charge in [-0.15, -0.1) is 0 Å². The van der Waals surface area contributed by atoms with E-state index in [-0.39, 0.29) is 0 Å². The first-order chi connectivity index (χ1) is 9.85. The highest BCUT2D eigenvalue weighted by atomic mass is 15.0. The maximum atomic E-state index is 3.85. The summed E-state index contributed by atoms with van der Waals surface area (Å²) in [6.45, 7) is 6.90. The van der Waals surface area contributed by atoms with Gasteiger partial charge in [-0.1, -0.05) is 63.4 Å². The summed E-state index contributed by atoms with van der Waals surface area (Å²) in [5.41, 5.74) is 1.44. The minimum absolute atomic E-state index is 0.495. The van der Waals surface area contributed by atoms with Crippen molar-refractivity contribution in [2.75, 3.05) is 13.1 Å². The fourth-order valence-corrected chi connectivity index (χ4v) is 3.34. The molecule has 20 heavy (non-hydrogen) atoms. The van der Waals surface area contributed by atoms with Crippen molar-refractivity contribution in [3.05, 3.63) is 35.9 Å². The molecule has 2 atom stereocenters. The molecule has 1 aliphatic heterocycles. The Morgan fingerprint density at radius 2 is 1.90 bits per heavy atom. The fraction of sp³-hybridized carbons (Fsp3) is 0.667. The Kier molecular flexibility index (Phi) is 6.55. The highest BCUT2D eigenvalue weighted by Crippen LogP contribution is 2.27. The van der Waals surface area contributed by atoms with E-state index in [4.69, 9.17) is 0 Å². The lowest BCUT2D eigenvalue weighted by Crippen LogP contribution is -2.43. The Morgan fingerprint density at radius 1 is 1.15 bits per heavy atom. The van der Waals surface area contributed by atoms with Gasteiger partial charge < -0.3 is 10.6 Å². The normalized spacial score (nSPS) is 21.1. The van der Waals surface area contributed by atoms with Crippen molar-refractivity contribution in [2.24, 2.45) is 5.92 Å². The first kappa shape index (κ1) is 15.5. The molecule has 1 fully saturated rings. The van der Waals surface area contributed by atoms with Crippen molar-refractivity contribution < 1.29 is 0 Å². The Morgan fingerprint density at radius 3 is 2.50 bits per heavy atom. The molecule has 1 aromatic rings. The molecule has 2 rings (SSSR count). The zero-order valence-corrected chi connectivity index (χ0v) is 13.1. The van der Waals surface area contributed by atoms with Gasteiger partial charge in [0.2, 0.25) is 0 Å². The lowest BCUT2D eigenvalue weighted by atomic mass is 9.88.